The van der Waals surface area contributed by atoms with Gasteiger partial charge in [0.1, 0.15) is 5.67 Å². The second kappa shape index (κ2) is 10.6. The minimum absolute atomic E-state index is 0.00554. The third-order valence-electron chi connectivity index (χ3n) is 7.18. The van der Waals surface area contributed by atoms with Gasteiger partial charge in [-0.15, -0.1) is 0 Å². The van der Waals surface area contributed by atoms with Crippen LogP contribution in [0.2, 0.25) is 5.02 Å². The minimum atomic E-state index is -4.56. The van der Waals surface area contributed by atoms with E-state index in [9.17, 15) is 22.8 Å². The molecule has 6 nitrogen and oxygen atoms in total. The molecule has 5 rings (SSSR count). The first-order chi connectivity index (χ1) is 18.5. The summed E-state index contributed by atoms with van der Waals surface area (Å²) in [6, 6.07) is 8.75. The highest BCUT2D eigenvalue weighted by atomic mass is 35.5. The molecule has 0 saturated carbocycles. The van der Waals surface area contributed by atoms with Gasteiger partial charge in [-0.2, -0.15) is 18.3 Å². The summed E-state index contributed by atoms with van der Waals surface area (Å²) >= 11 is 6.55. The van der Waals surface area contributed by atoms with Crippen molar-refractivity contribution in [1.29, 1.82) is 0 Å². The summed E-state index contributed by atoms with van der Waals surface area (Å²) < 4.78 is 57.4. The van der Waals surface area contributed by atoms with Gasteiger partial charge in [-0.3, -0.25) is 19.2 Å². The van der Waals surface area contributed by atoms with E-state index < -0.39 is 28.6 Å². The Kier molecular flexibility index (Phi) is 7.51. The Morgan fingerprint density at radius 2 is 1.87 bits per heavy atom. The molecule has 3 heterocycles. The third-order valence-corrected chi connectivity index (χ3v) is 8.32. The number of imide groups is 1. The smallest absolute Gasteiger partial charge is 0.303 e. The Balaban J connectivity index is 1.33. The fraction of sp³-hybridized carbons (Fsp3) is 0.370. The molecule has 12 heteroatoms. The van der Waals surface area contributed by atoms with Crippen LogP contribution in [-0.2, 0) is 17.5 Å². The summed E-state index contributed by atoms with van der Waals surface area (Å²) in [5.74, 6) is -0.529. The van der Waals surface area contributed by atoms with E-state index >= 15 is 4.39 Å². The molecule has 2 aliphatic rings. The van der Waals surface area contributed by atoms with Gasteiger partial charge in [-0.25, -0.2) is 4.39 Å². The van der Waals surface area contributed by atoms with Crippen LogP contribution in [0.5, 0.6) is 0 Å². The average Bonchev–Trinajstić information content (AvgIpc) is 3.40. The van der Waals surface area contributed by atoms with Crippen LogP contribution in [0, 0.1) is 0 Å². The van der Waals surface area contributed by atoms with E-state index in [2.05, 4.69) is 10.00 Å². The maximum atomic E-state index is 15.4. The van der Waals surface area contributed by atoms with E-state index in [1.165, 1.54) is 23.0 Å². The fourth-order valence-electron chi connectivity index (χ4n) is 4.93. The van der Waals surface area contributed by atoms with Crippen LogP contribution in [0.4, 0.5) is 22.4 Å². The van der Waals surface area contributed by atoms with Gasteiger partial charge in [0, 0.05) is 23.5 Å². The Hall–Kier alpha value is -2.89. The number of aromatic nitrogens is 2. The van der Waals surface area contributed by atoms with Crippen LogP contribution in [-0.4, -0.2) is 62.6 Å². The van der Waals surface area contributed by atoms with Crippen molar-refractivity contribution in [2.45, 2.75) is 38.2 Å². The number of fused-ring (bicyclic) bond motifs is 1. The number of carbonyl (C=O) groups is 2. The Morgan fingerprint density at radius 3 is 2.56 bits per heavy atom. The van der Waals surface area contributed by atoms with Gasteiger partial charge in [-0.1, -0.05) is 30.7 Å². The van der Waals surface area contributed by atoms with Crippen molar-refractivity contribution in [3.63, 3.8) is 0 Å². The Bertz CT molecular complexity index is 1460. The van der Waals surface area contributed by atoms with Gasteiger partial charge in [0.15, 0.2) is 0 Å². The van der Waals surface area contributed by atoms with E-state index in [-0.39, 0.29) is 41.4 Å². The topological polar surface area (TPSA) is 58.4 Å². The van der Waals surface area contributed by atoms with Crippen LogP contribution >= 0.6 is 23.4 Å². The van der Waals surface area contributed by atoms with E-state index in [0.717, 1.165) is 29.3 Å². The molecule has 206 valence electrons. The summed E-state index contributed by atoms with van der Waals surface area (Å²) in [5.41, 5.74) is -1.18. The molecule has 0 N–H and O–H groups in total. The normalized spacial score (nSPS) is 19.5. The number of halogens is 5. The molecule has 0 spiro atoms. The molecule has 2 aromatic carbocycles. The number of rotatable bonds is 6. The number of amides is 2. The van der Waals surface area contributed by atoms with Crippen LogP contribution in [0.3, 0.4) is 0 Å². The highest BCUT2D eigenvalue weighted by Crippen LogP contribution is 2.37. The molecule has 0 aliphatic carbocycles. The van der Waals surface area contributed by atoms with Crippen molar-refractivity contribution in [3.8, 4) is 0 Å². The maximum absolute atomic E-state index is 15.4. The highest BCUT2D eigenvalue weighted by molar-refractivity contribution is 8.18. The lowest BCUT2D eigenvalue weighted by Crippen LogP contribution is -2.49. The number of benzene rings is 2. The third kappa shape index (κ3) is 5.85. The number of alkyl halides is 4. The predicted molar refractivity (Wildman–Crippen MR) is 143 cm³/mol. The number of nitrogens with zero attached hydrogens (tertiary/aromatic N) is 4. The zero-order valence-corrected chi connectivity index (χ0v) is 22.5. The van der Waals surface area contributed by atoms with Crippen molar-refractivity contribution in [3.05, 3.63) is 69.2 Å². The average molecular weight is 581 g/mol. The lowest BCUT2D eigenvalue weighted by atomic mass is 9.92. The molecule has 2 amide bonds. The van der Waals surface area contributed by atoms with Crippen molar-refractivity contribution in [1.82, 2.24) is 19.6 Å². The van der Waals surface area contributed by atoms with E-state index in [1.807, 2.05) is 6.92 Å². The van der Waals surface area contributed by atoms with Gasteiger partial charge in [0.2, 0.25) is 0 Å². The lowest BCUT2D eigenvalue weighted by Gasteiger charge is -2.37. The molecule has 1 aromatic heterocycles. The van der Waals surface area contributed by atoms with Gasteiger partial charge >= 0.3 is 6.18 Å². The lowest BCUT2D eigenvalue weighted by molar-refractivity contribution is -0.138. The number of carbonyl (C=O) groups excluding carboxylic acids is 2. The fourth-order valence-corrected chi connectivity index (χ4v) is 5.94. The molecular formula is C27H25ClF4N4O2S. The largest absolute Gasteiger partial charge is 0.416 e. The first kappa shape index (κ1) is 27.7. The monoisotopic (exact) mass is 580 g/mol. The van der Waals surface area contributed by atoms with Crippen molar-refractivity contribution >= 4 is 51.5 Å². The first-order valence-electron chi connectivity index (χ1n) is 12.4. The van der Waals surface area contributed by atoms with E-state index in [1.54, 1.807) is 24.3 Å². The molecule has 3 aromatic rings. The maximum Gasteiger partial charge on any atom is 0.416 e. The zero-order chi connectivity index (χ0) is 27.9. The van der Waals surface area contributed by atoms with E-state index in [0.29, 0.717) is 29.6 Å². The van der Waals surface area contributed by atoms with Crippen molar-refractivity contribution < 1.29 is 27.2 Å². The molecule has 2 fully saturated rings. The molecular weight excluding hydrogens is 556 g/mol. The minimum Gasteiger partial charge on any atom is -0.303 e. The van der Waals surface area contributed by atoms with Gasteiger partial charge < -0.3 is 4.90 Å². The Morgan fingerprint density at radius 1 is 1.13 bits per heavy atom. The van der Waals surface area contributed by atoms with Crippen LogP contribution in [0.1, 0.15) is 36.5 Å². The summed E-state index contributed by atoms with van der Waals surface area (Å²) in [7, 11) is 0. The van der Waals surface area contributed by atoms with Gasteiger partial charge in [-0.05, 0) is 72.6 Å². The summed E-state index contributed by atoms with van der Waals surface area (Å²) in [5, 5.41) is 4.39. The molecule has 39 heavy (non-hydrogen) atoms. The van der Waals surface area contributed by atoms with Gasteiger partial charge in [0.05, 0.1) is 35.3 Å². The predicted octanol–water partition coefficient (Wildman–Crippen LogP) is 6.62. The molecule has 0 atom stereocenters. The molecule has 0 unspecified atom stereocenters. The zero-order valence-electron chi connectivity index (χ0n) is 21.0. The molecule has 0 radical (unpaired) electrons. The second-order valence-electron chi connectivity index (χ2n) is 9.77. The van der Waals surface area contributed by atoms with Crippen LogP contribution < -0.4 is 0 Å². The van der Waals surface area contributed by atoms with Crippen molar-refractivity contribution in [2.24, 2.45) is 0 Å². The van der Waals surface area contributed by atoms with Crippen LogP contribution in [0.25, 0.3) is 17.0 Å². The second-order valence-corrected chi connectivity index (χ2v) is 11.2. The molecule has 0 bridgehead atoms. The van der Waals surface area contributed by atoms with Gasteiger partial charge in [0.25, 0.3) is 11.1 Å². The quantitative estimate of drug-likeness (QED) is 0.242. The Labute approximate surface area is 231 Å². The SMILES string of the molecule is CCN1CCC(F)(CN2C(=O)SC(=Cc3ccc4c(cnn4Cc4ccc(Cl)cc4C(F)(F)F)c3)C2=O)CC1. The van der Waals surface area contributed by atoms with E-state index in [4.69, 9.17) is 11.6 Å². The first-order valence-corrected chi connectivity index (χ1v) is 13.6. The number of piperidine rings is 1. The number of likely N-dealkylation sites (tertiary alicyclic amines) is 1. The summed E-state index contributed by atoms with van der Waals surface area (Å²) in [4.78, 5) is 28.9. The van der Waals surface area contributed by atoms with Crippen molar-refractivity contribution in [2.75, 3.05) is 26.2 Å². The standard InChI is InChI=1S/C27H25ClF4N4O2S/c1-2-34-9-7-26(29,8-10-34)16-35-24(37)23(39-25(35)38)12-17-3-6-22-19(11-17)14-33-36(22)15-18-4-5-20(28)13-21(18)27(30,31)32/h3-6,11-14H,2,7-10,15-16H2,1H3. The number of hydrogen-bond acceptors (Lipinski definition) is 5. The summed E-state index contributed by atoms with van der Waals surface area (Å²) in [6.07, 6.45) is -0.941. The van der Waals surface area contributed by atoms with Crippen LogP contribution in [0.15, 0.2) is 47.5 Å². The number of thioether (sulfide) groups is 1. The molecule has 2 saturated heterocycles. The number of hydrogen-bond donors (Lipinski definition) is 0. The highest BCUT2D eigenvalue weighted by Gasteiger charge is 2.43. The molecule has 2 aliphatic heterocycles. The summed E-state index contributed by atoms with van der Waals surface area (Å²) in [6.45, 7) is 3.64.